The third-order valence-electron chi connectivity index (χ3n) is 3.90. The number of amides is 4. The number of barbiturate groups is 1. The van der Waals surface area contributed by atoms with E-state index in [9.17, 15) is 24.5 Å². The lowest BCUT2D eigenvalue weighted by atomic mass is 10.1. The molecule has 2 aromatic rings. The first-order valence-electron chi connectivity index (χ1n) is 8.29. The molecule has 1 aliphatic heterocycles. The van der Waals surface area contributed by atoms with Crippen LogP contribution in [-0.4, -0.2) is 29.4 Å². The molecule has 0 radical (unpaired) electrons. The van der Waals surface area contributed by atoms with E-state index in [1.165, 1.54) is 42.5 Å². The molecule has 1 N–H and O–H groups in total. The Morgan fingerprint density at radius 2 is 1.86 bits per heavy atom. The molecule has 4 amide bonds. The highest BCUT2D eigenvalue weighted by Crippen LogP contribution is 2.25. The van der Waals surface area contributed by atoms with Crippen LogP contribution in [0.25, 0.3) is 6.08 Å². The van der Waals surface area contributed by atoms with E-state index in [2.05, 4.69) is 5.32 Å². The molecule has 0 unspecified atom stereocenters. The number of anilines is 1. The number of imide groups is 2. The Balaban J connectivity index is 1.96. The lowest BCUT2D eigenvalue weighted by Crippen LogP contribution is -2.54. The minimum atomic E-state index is -0.879. The van der Waals surface area contributed by atoms with Crippen molar-refractivity contribution in [2.75, 3.05) is 11.5 Å². The third kappa shape index (κ3) is 3.73. The molecule has 2 aromatic carbocycles. The van der Waals surface area contributed by atoms with E-state index in [0.29, 0.717) is 12.4 Å². The van der Waals surface area contributed by atoms with Crippen LogP contribution < -0.4 is 15.0 Å². The predicted molar refractivity (Wildman–Crippen MR) is 99.7 cm³/mol. The maximum Gasteiger partial charge on any atom is 0.335 e. The second-order valence-electron chi connectivity index (χ2n) is 5.74. The van der Waals surface area contributed by atoms with E-state index >= 15 is 0 Å². The molecule has 9 heteroatoms. The largest absolute Gasteiger partial charge is 0.494 e. The van der Waals surface area contributed by atoms with Gasteiger partial charge in [0.15, 0.2) is 0 Å². The van der Waals surface area contributed by atoms with Crippen LogP contribution >= 0.6 is 0 Å². The zero-order valence-corrected chi connectivity index (χ0v) is 14.7. The number of rotatable bonds is 5. The molecule has 0 aliphatic carbocycles. The van der Waals surface area contributed by atoms with Gasteiger partial charge in [-0.05, 0) is 42.8 Å². The smallest absolute Gasteiger partial charge is 0.335 e. The van der Waals surface area contributed by atoms with Crippen LogP contribution in [0, 0.1) is 10.1 Å². The number of nitro benzene ring substituents is 1. The Morgan fingerprint density at radius 1 is 1.14 bits per heavy atom. The maximum atomic E-state index is 12.8. The second kappa shape index (κ2) is 7.70. The van der Waals surface area contributed by atoms with Crippen molar-refractivity contribution < 1.29 is 24.0 Å². The van der Waals surface area contributed by atoms with Gasteiger partial charge in [0, 0.05) is 12.1 Å². The fourth-order valence-electron chi connectivity index (χ4n) is 2.64. The number of carbonyl (C=O) groups excluding carboxylic acids is 3. The summed E-state index contributed by atoms with van der Waals surface area (Å²) in [5.41, 5.74) is 0.0449. The molecule has 9 nitrogen and oxygen atoms in total. The number of nitrogens with one attached hydrogen (secondary N) is 1. The molecule has 1 saturated heterocycles. The van der Waals surface area contributed by atoms with Crippen LogP contribution in [0.15, 0.2) is 54.1 Å². The number of benzene rings is 2. The highest BCUT2D eigenvalue weighted by atomic mass is 16.6. The van der Waals surface area contributed by atoms with Gasteiger partial charge in [0.1, 0.15) is 11.3 Å². The average molecular weight is 381 g/mol. The molecule has 1 aliphatic rings. The highest BCUT2D eigenvalue weighted by Gasteiger charge is 2.36. The minimum Gasteiger partial charge on any atom is -0.494 e. The van der Waals surface area contributed by atoms with Crippen molar-refractivity contribution >= 4 is 35.3 Å². The summed E-state index contributed by atoms with van der Waals surface area (Å²) in [5.74, 6) is -1.13. The zero-order chi connectivity index (χ0) is 20.3. The zero-order valence-electron chi connectivity index (χ0n) is 14.7. The summed E-state index contributed by atoms with van der Waals surface area (Å²) in [6.45, 7) is 2.29. The predicted octanol–water partition coefficient (Wildman–Crippen LogP) is 2.66. The fourth-order valence-corrected chi connectivity index (χ4v) is 2.64. The van der Waals surface area contributed by atoms with Crippen molar-refractivity contribution in [2.45, 2.75) is 6.92 Å². The number of nitrogens with zero attached hydrogens (tertiary/aromatic N) is 2. The first-order chi connectivity index (χ1) is 13.4. The molecule has 0 saturated carbocycles. The van der Waals surface area contributed by atoms with Gasteiger partial charge < -0.3 is 4.74 Å². The second-order valence-corrected chi connectivity index (χ2v) is 5.74. The summed E-state index contributed by atoms with van der Waals surface area (Å²) >= 11 is 0. The molecule has 0 bridgehead atoms. The molecule has 0 spiro atoms. The van der Waals surface area contributed by atoms with E-state index in [-0.39, 0.29) is 22.5 Å². The van der Waals surface area contributed by atoms with Crippen molar-refractivity contribution in [3.8, 4) is 5.75 Å². The van der Waals surface area contributed by atoms with Gasteiger partial charge in [0.25, 0.3) is 17.5 Å². The Labute approximate surface area is 159 Å². The summed E-state index contributed by atoms with van der Waals surface area (Å²) in [6.07, 6.45) is 1.21. The molecule has 1 heterocycles. The van der Waals surface area contributed by atoms with Crippen LogP contribution in [0.1, 0.15) is 12.5 Å². The fraction of sp³-hybridized carbons (Fsp3) is 0.105. The van der Waals surface area contributed by atoms with E-state index < -0.39 is 22.8 Å². The van der Waals surface area contributed by atoms with Gasteiger partial charge in [0.05, 0.1) is 17.2 Å². The lowest BCUT2D eigenvalue weighted by molar-refractivity contribution is -0.384. The molecular formula is C19H15N3O6. The quantitative estimate of drug-likeness (QED) is 0.368. The average Bonchev–Trinajstić information content (AvgIpc) is 2.67. The maximum absolute atomic E-state index is 12.8. The van der Waals surface area contributed by atoms with Gasteiger partial charge in [-0.25, -0.2) is 9.69 Å². The standard InChI is InChI=1S/C19H15N3O6/c1-2-28-15-8-6-13(7-9-15)21-18(24)16(17(23)20-19(21)25)11-12-4-3-5-14(10-12)22(26)27/h3-11H,2H2,1H3,(H,20,23,25)/b16-11+. The Hall–Kier alpha value is -4.01. The molecule has 1 fully saturated rings. The van der Waals surface area contributed by atoms with Gasteiger partial charge in [-0.3, -0.25) is 25.0 Å². The summed E-state index contributed by atoms with van der Waals surface area (Å²) in [6, 6.07) is 10.8. The summed E-state index contributed by atoms with van der Waals surface area (Å²) in [7, 11) is 0. The topological polar surface area (TPSA) is 119 Å². The highest BCUT2D eigenvalue weighted by molar-refractivity contribution is 6.39. The van der Waals surface area contributed by atoms with E-state index in [1.807, 2.05) is 6.92 Å². The van der Waals surface area contributed by atoms with Crippen LogP contribution in [0.2, 0.25) is 0 Å². The van der Waals surface area contributed by atoms with Crippen molar-refractivity contribution in [1.82, 2.24) is 5.32 Å². The summed E-state index contributed by atoms with van der Waals surface area (Å²) in [4.78, 5) is 48.3. The number of non-ortho nitro benzene ring substituents is 1. The van der Waals surface area contributed by atoms with Gasteiger partial charge in [-0.1, -0.05) is 12.1 Å². The Bertz CT molecular complexity index is 997. The minimum absolute atomic E-state index is 0.183. The summed E-state index contributed by atoms with van der Waals surface area (Å²) < 4.78 is 5.33. The third-order valence-corrected chi connectivity index (χ3v) is 3.90. The van der Waals surface area contributed by atoms with Crippen molar-refractivity contribution in [3.63, 3.8) is 0 Å². The lowest BCUT2D eigenvalue weighted by Gasteiger charge is -2.26. The Kier molecular flexibility index (Phi) is 5.16. The monoisotopic (exact) mass is 381 g/mol. The number of hydrogen-bond donors (Lipinski definition) is 1. The molecule has 0 atom stereocenters. The van der Waals surface area contributed by atoms with E-state index in [0.717, 1.165) is 4.90 Å². The van der Waals surface area contributed by atoms with Gasteiger partial charge >= 0.3 is 6.03 Å². The first-order valence-corrected chi connectivity index (χ1v) is 8.29. The molecule has 0 aromatic heterocycles. The van der Waals surface area contributed by atoms with Crippen molar-refractivity contribution in [1.29, 1.82) is 0 Å². The number of ether oxygens (including phenoxy) is 1. The van der Waals surface area contributed by atoms with E-state index in [1.54, 1.807) is 12.1 Å². The molecule has 28 heavy (non-hydrogen) atoms. The summed E-state index contributed by atoms with van der Waals surface area (Å²) in [5, 5.41) is 13.0. The number of hydrogen-bond acceptors (Lipinski definition) is 6. The molecule has 142 valence electrons. The number of carbonyl (C=O) groups is 3. The molecular weight excluding hydrogens is 366 g/mol. The van der Waals surface area contributed by atoms with Crippen LogP contribution in [0.3, 0.4) is 0 Å². The SMILES string of the molecule is CCOc1ccc(N2C(=O)NC(=O)/C(=C\c3cccc([N+](=O)[O-])c3)C2=O)cc1. The van der Waals surface area contributed by atoms with Gasteiger partial charge in [0.2, 0.25) is 0 Å². The number of nitro groups is 1. The van der Waals surface area contributed by atoms with Crippen LogP contribution in [-0.2, 0) is 9.59 Å². The van der Waals surface area contributed by atoms with Crippen molar-refractivity contribution in [3.05, 3.63) is 69.8 Å². The number of urea groups is 1. The van der Waals surface area contributed by atoms with E-state index in [4.69, 9.17) is 4.74 Å². The van der Waals surface area contributed by atoms with Crippen LogP contribution in [0.5, 0.6) is 5.75 Å². The Morgan fingerprint density at radius 3 is 2.50 bits per heavy atom. The van der Waals surface area contributed by atoms with Gasteiger partial charge in [-0.2, -0.15) is 0 Å². The van der Waals surface area contributed by atoms with Crippen molar-refractivity contribution in [2.24, 2.45) is 0 Å². The molecule has 3 rings (SSSR count). The van der Waals surface area contributed by atoms with Crippen LogP contribution in [0.4, 0.5) is 16.2 Å². The van der Waals surface area contributed by atoms with Gasteiger partial charge in [-0.15, -0.1) is 0 Å². The normalized spacial score (nSPS) is 15.5. The first kappa shape index (κ1) is 18.8.